The van der Waals surface area contributed by atoms with E-state index in [2.05, 4.69) is 38.9 Å². The third-order valence-electron chi connectivity index (χ3n) is 6.77. The summed E-state index contributed by atoms with van der Waals surface area (Å²) in [7, 11) is 0. The average molecular weight is 396 g/mol. The van der Waals surface area contributed by atoms with Gasteiger partial charge in [0.2, 0.25) is 5.91 Å². The quantitative estimate of drug-likeness (QED) is 0.831. The molecule has 1 aliphatic carbocycles. The molecular weight excluding hydrogens is 368 g/mol. The summed E-state index contributed by atoms with van der Waals surface area (Å²) in [4.78, 5) is 37.9. The minimum Gasteiger partial charge on any atom is -0.348 e. The molecule has 29 heavy (non-hydrogen) atoms. The van der Waals surface area contributed by atoms with Gasteiger partial charge in [0.15, 0.2) is 0 Å². The van der Waals surface area contributed by atoms with Gasteiger partial charge in [0.25, 0.3) is 5.91 Å². The van der Waals surface area contributed by atoms with Gasteiger partial charge in [-0.05, 0) is 37.7 Å². The molecule has 5 rings (SSSR count). The van der Waals surface area contributed by atoms with Crippen LogP contribution in [0.25, 0.3) is 0 Å². The Morgan fingerprint density at radius 1 is 1.21 bits per heavy atom. The Labute approximate surface area is 170 Å². The van der Waals surface area contributed by atoms with E-state index in [4.69, 9.17) is 0 Å². The lowest BCUT2D eigenvalue weighted by atomic mass is 9.78. The topological polar surface area (TPSA) is 98.0 Å². The molecule has 8 nitrogen and oxygen atoms in total. The molecule has 0 radical (unpaired) electrons. The number of fused-ring (bicyclic) bond motifs is 2. The molecule has 2 aromatic rings. The van der Waals surface area contributed by atoms with Gasteiger partial charge in [0, 0.05) is 43.4 Å². The Balaban J connectivity index is 1.38. The van der Waals surface area contributed by atoms with Gasteiger partial charge in [-0.3, -0.25) is 14.7 Å². The summed E-state index contributed by atoms with van der Waals surface area (Å²) < 4.78 is 0. The predicted molar refractivity (Wildman–Crippen MR) is 106 cm³/mol. The van der Waals surface area contributed by atoms with Gasteiger partial charge in [0.1, 0.15) is 5.69 Å². The molecule has 2 amide bonds. The van der Waals surface area contributed by atoms with Crippen LogP contribution in [0.3, 0.4) is 0 Å². The van der Waals surface area contributed by atoms with Crippen molar-refractivity contribution in [2.45, 2.75) is 57.4 Å². The third kappa shape index (κ3) is 2.96. The van der Waals surface area contributed by atoms with Crippen molar-refractivity contribution in [1.82, 2.24) is 30.0 Å². The molecule has 1 spiro atoms. The maximum absolute atomic E-state index is 13.1. The fourth-order valence-corrected chi connectivity index (χ4v) is 4.84. The number of nitrogens with zero attached hydrogens (tertiary/aromatic N) is 4. The highest BCUT2D eigenvalue weighted by Gasteiger charge is 2.51. The third-order valence-corrected chi connectivity index (χ3v) is 6.77. The fourth-order valence-electron chi connectivity index (χ4n) is 4.84. The van der Waals surface area contributed by atoms with E-state index in [9.17, 15) is 9.59 Å². The Morgan fingerprint density at radius 2 is 1.97 bits per heavy atom. The van der Waals surface area contributed by atoms with Gasteiger partial charge in [-0.1, -0.05) is 13.8 Å². The summed E-state index contributed by atoms with van der Waals surface area (Å²) >= 11 is 0. The summed E-state index contributed by atoms with van der Waals surface area (Å²) in [5, 5.41) is 7.19. The number of likely N-dealkylation sites (tertiary alicyclic amines) is 1. The number of H-pyrrole nitrogens is 2. The molecule has 0 aromatic carbocycles. The minimum atomic E-state index is -0.390. The minimum absolute atomic E-state index is 0.0406. The molecule has 2 aliphatic heterocycles. The van der Waals surface area contributed by atoms with Crippen molar-refractivity contribution < 1.29 is 9.59 Å². The van der Waals surface area contributed by atoms with Crippen molar-refractivity contribution in [2.75, 3.05) is 19.6 Å². The van der Waals surface area contributed by atoms with Gasteiger partial charge < -0.3 is 14.8 Å². The molecule has 4 heterocycles. The van der Waals surface area contributed by atoms with E-state index >= 15 is 0 Å². The number of imidazole rings is 1. The van der Waals surface area contributed by atoms with Crippen molar-refractivity contribution in [3.05, 3.63) is 35.2 Å². The normalized spacial score (nSPS) is 20.9. The molecule has 8 heteroatoms. The molecule has 0 unspecified atom stereocenters. The predicted octanol–water partition coefficient (Wildman–Crippen LogP) is 2.18. The van der Waals surface area contributed by atoms with Gasteiger partial charge in [0.05, 0.1) is 17.6 Å². The summed E-state index contributed by atoms with van der Waals surface area (Å²) in [6, 6.07) is 1.85. The number of hydrogen-bond acceptors (Lipinski definition) is 4. The fraction of sp³-hybridized carbons (Fsp3) is 0.619. The highest BCUT2D eigenvalue weighted by Crippen LogP contribution is 2.45. The molecule has 2 fully saturated rings. The molecule has 2 aromatic heterocycles. The molecular formula is C21H28N6O2. The first kappa shape index (κ1) is 18.4. The second kappa shape index (κ2) is 6.71. The second-order valence-electron chi connectivity index (χ2n) is 8.93. The molecule has 3 aliphatic rings. The number of aromatic amines is 2. The van der Waals surface area contributed by atoms with Crippen LogP contribution in [-0.4, -0.2) is 61.4 Å². The van der Waals surface area contributed by atoms with E-state index in [-0.39, 0.29) is 17.7 Å². The molecule has 1 saturated heterocycles. The first-order valence-corrected chi connectivity index (χ1v) is 10.7. The number of hydrogen-bond donors (Lipinski definition) is 2. The number of carbonyl (C=O) groups excluding carboxylic acids is 2. The van der Waals surface area contributed by atoms with E-state index in [1.54, 1.807) is 6.33 Å². The zero-order valence-electron chi connectivity index (χ0n) is 17.1. The van der Waals surface area contributed by atoms with Crippen LogP contribution in [0, 0.1) is 5.92 Å². The van der Waals surface area contributed by atoms with Crippen LogP contribution in [-0.2, 0) is 16.8 Å². The van der Waals surface area contributed by atoms with Crippen LogP contribution in [0.15, 0.2) is 12.4 Å². The van der Waals surface area contributed by atoms with Gasteiger partial charge in [-0.15, -0.1) is 0 Å². The van der Waals surface area contributed by atoms with Gasteiger partial charge in [-0.2, -0.15) is 5.10 Å². The largest absolute Gasteiger partial charge is 0.348 e. The van der Waals surface area contributed by atoms with Gasteiger partial charge in [-0.25, -0.2) is 4.98 Å². The number of nitrogens with one attached hydrogen (secondary N) is 2. The van der Waals surface area contributed by atoms with Crippen molar-refractivity contribution >= 4 is 11.8 Å². The zero-order valence-corrected chi connectivity index (χ0v) is 17.1. The zero-order chi connectivity index (χ0) is 20.2. The highest BCUT2D eigenvalue weighted by molar-refractivity contribution is 5.92. The van der Waals surface area contributed by atoms with E-state index in [0.717, 1.165) is 55.7 Å². The van der Waals surface area contributed by atoms with E-state index in [0.29, 0.717) is 24.7 Å². The highest BCUT2D eigenvalue weighted by atomic mass is 16.2. The first-order valence-electron chi connectivity index (χ1n) is 10.7. The van der Waals surface area contributed by atoms with Crippen LogP contribution >= 0.6 is 0 Å². The van der Waals surface area contributed by atoms with Crippen LogP contribution in [0.1, 0.15) is 73.0 Å². The maximum atomic E-state index is 13.1. The van der Waals surface area contributed by atoms with Crippen LogP contribution in [0.2, 0.25) is 0 Å². The molecule has 2 N–H and O–H groups in total. The number of piperidine rings is 1. The number of amides is 2. The Morgan fingerprint density at radius 3 is 2.62 bits per heavy atom. The van der Waals surface area contributed by atoms with Crippen LogP contribution in [0.5, 0.6) is 0 Å². The van der Waals surface area contributed by atoms with Crippen molar-refractivity contribution in [2.24, 2.45) is 5.92 Å². The van der Waals surface area contributed by atoms with Crippen LogP contribution < -0.4 is 0 Å². The monoisotopic (exact) mass is 396 g/mol. The summed E-state index contributed by atoms with van der Waals surface area (Å²) in [5.74, 6) is 0.718. The van der Waals surface area contributed by atoms with E-state index in [1.807, 2.05) is 11.0 Å². The number of rotatable bonds is 3. The summed E-state index contributed by atoms with van der Waals surface area (Å²) in [6.07, 6.45) is 6.00. The van der Waals surface area contributed by atoms with Gasteiger partial charge >= 0.3 is 0 Å². The Kier molecular flexibility index (Phi) is 4.26. The van der Waals surface area contributed by atoms with Crippen LogP contribution in [0.4, 0.5) is 0 Å². The van der Waals surface area contributed by atoms with E-state index < -0.39 is 5.54 Å². The number of carbonyl (C=O) groups is 2. The Hall–Kier alpha value is -2.64. The van der Waals surface area contributed by atoms with Crippen molar-refractivity contribution in [3.8, 4) is 0 Å². The maximum Gasteiger partial charge on any atom is 0.274 e. The molecule has 154 valence electrons. The molecule has 1 saturated carbocycles. The van der Waals surface area contributed by atoms with Crippen molar-refractivity contribution in [3.63, 3.8) is 0 Å². The first-order chi connectivity index (χ1) is 14.0. The standard InChI is InChI=1S/C21H28N6O2/c1-13(2)16-11-17(25-24-16)20(29)26-9-6-21(7-10-26)18-15(22-12-23-18)5-8-27(21)19(28)14-3-4-14/h11-14H,3-10H2,1-2H3,(H,22,23)(H,24,25). The second-order valence-corrected chi connectivity index (χ2v) is 8.93. The number of aromatic nitrogens is 4. The van der Waals surface area contributed by atoms with E-state index in [1.165, 1.54) is 0 Å². The SMILES string of the molecule is CC(C)c1cc(C(=O)N2CCC3(CC2)c2nc[nH]c2CCN3C(=O)C2CC2)n[nH]1. The smallest absolute Gasteiger partial charge is 0.274 e. The molecule has 0 atom stereocenters. The average Bonchev–Trinajstić information content (AvgIpc) is 3.25. The van der Waals surface area contributed by atoms with Crippen molar-refractivity contribution in [1.29, 1.82) is 0 Å². The summed E-state index contributed by atoms with van der Waals surface area (Å²) in [5.41, 5.74) is 3.19. The lowest BCUT2D eigenvalue weighted by Gasteiger charge is -2.50. The summed E-state index contributed by atoms with van der Waals surface area (Å²) in [6.45, 7) is 6.08. The molecule has 0 bridgehead atoms. The lowest BCUT2D eigenvalue weighted by Crippen LogP contribution is -2.59. The Bertz CT molecular complexity index is 933. The lowest BCUT2D eigenvalue weighted by molar-refractivity contribution is -0.143.